The first-order chi connectivity index (χ1) is 8.38. The van der Waals surface area contributed by atoms with Crippen molar-refractivity contribution in [2.75, 3.05) is 25.6 Å². The van der Waals surface area contributed by atoms with Crippen molar-refractivity contribution in [1.29, 1.82) is 0 Å². The molecule has 0 fully saturated rings. The molecule has 102 valence electrons. The first kappa shape index (κ1) is 15.4. The largest absolute Gasteiger partial charge is 0.490 e. The summed E-state index contributed by atoms with van der Waals surface area (Å²) in [5.41, 5.74) is 1.14. The fourth-order valence-electron chi connectivity index (χ4n) is 1.21. The van der Waals surface area contributed by atoms with Gasteiger partial charge in [-0.25, -0.2) is 13.6 Å². The fourth-order valence-corrected chi connectivity index (χ4v) is 2.17. The van der Waals surface area contributed by atoms with Crippen molar-refractivity contribution >= 4 is 26.0 Å². The Morgan fingerprint density at radius 1 is 1.28 bits per heavy atom. The molecule has 0 aliphatic rings. The molecule has 1 aromatic rings. The molecular weight excluding hydrogens is 322 g/mol. The molecule has 0 saturated heterocycles. The molecule has 0 spiro atoms. The molecule has 0 saturated carbocycles. The minimum absolute atomic E-state index is 0.0806. The fraction of sp³-hybridized carbons (Fsp3) is 0.455. The van der Waals surface area contributed by atoms with Gasteiger partial charge in [0.25, 0.3) is 0 Å². The number of rotatable bonds is 7. The summed E-state index contributed by atoms with van der Waals surface area (Å²) in [6.45, 7) is 2.74. The van der Waals surface area contributed by atoms with Crippen LogP contribution in [0.4, 0.5) is 0 Å². The summed E-state index contributed by atoms with van der Waals surface area (Å²) in [5, 5.41) is 4.83. The Kier molecular flexibility index (Phi) is 6.07. The second-order valence-electron chi connectivity index (χ2n) is 3.76. The Labute approximate surface area is 115 Å². The van der Waals surface area contributed by atoms with Gasteiger partial charge < -0.3 is 9.47 Å². The van der Waals surface area contributed by atoms with Crippen molar-refractivity contribution in [2.24, 2.45) is 5.14 Å². The summed E-state index contributed by atoms with van der Waals surface area (Å²) in [6.07, 6.45) is 0. The Bertz CT molecular complexity index is 490. The van der Waals surface area contributed by atoms with Gasteiger partial charge in [-0.3, -0.25) is 0 Å². The van der Waals surface area contributed by atoms with Gasteiger partial charge in [-0.1, -0.05) is 6.07 Å². The van der Waals surface area contributed by atoms with Gasteiger partial charge >= 0.3 is 0 Å². The lowest BCUT2D eigenvalue weighted by Crippen LogP contribution is -2.21. The zero-order valence-corrected chi connectivity index (χ0v) is 12.5. The van der Waals surface area contributed by atoms with Crippen LogP contribution in [0.3, 0.4) is 0 Å². The zero-order chi connectivity index (χ0) is 13.6. The summed E-state index contributed by atoms with van der Waals surface area (Å²) in [4.78, 5) is 0. The van der Waals surface area contributed by atoms with E-state index in [1.165, 1.54) is 0 Å². The Morgan fingerprint density at radius 3 is 2.61 bits per heavy atom. The minimum Gasteiger partial charge on any atom is -0.490 e. The van der Waals surface area contributed by atoms with Crippen molar-refractivity contribution in [3.63, 3.8) is 0 Å². The molecule has 1 rings (SSSR count). The van der Waals surface area contributed by atoms with E-state index in [9.17, 15) is 8.42 Å². The van der Waals surface area contributed by atoms with Crippen LogP contribution in [0.15, 0.2) is 22.7 Å². The molecule has 0 radical (unpaired) electrons. The van der Waals surface area contributed by atoms with Crippen LogP contribution < -0.4 is 9.88 Å². The smallest absolute Gasteiger partial charge is 0.211 e. The zero-order valence-electron chi connectivity index (χ0n) is 10.1. The summed E-state index contributed by atoms with van der Waals surface area (Å²) in [7, 11) is -3.45. The number of aryl methyl sites for hydroxylation is 1. The highest BCUT2D eigenvalue weighted by molar-refractivity contribution is 9.10. The van der Waals surface area contributed by atoms with E-state index < -0.39 is 10.0 Å². The summed E-state index contributed by atoms with van der Waals surface area (Å²) in [6, 6.07) is 5.77. The molecule has 0 aliphatic carbocycles. The van der Waals surface area contributed by atoms with E-state index in [4.69, 9.17) is 14.6 Å². The van der Waals surface area contributed by atoms with Crippen molar-refractivity contribution in [1.82, 2.24) is 0 Å². The topological polar surface area (TPSA) is 78.6 Å². The Balaban J connectivity index is 2.22. The molecule has 7 heteroatoms. The van der Waals surface area contributed by atoms with Crippen molar-refractivity contribution in [3.8, 4) is 5.75 Å². The van der Waals surface area contributed by atoms with Gasteiger partial charge in [0.2, 0.25) is 10.0 Å². The quantitative estimate of drug-likeness (QED) is 0.763. The second-order valence-corrected chi connectivity index (χ2v) is 6.35. The standard InChI is InChI=1S/C11H16BrNO4S/c1-9-2-3-11(10(12)8-9)17-5-4-16-6-7-18(13,14)15/h2-3,8H,4-7H2,1H3,(H2,13,14,15). The number of sulfonamides is 1. The third-order valence-electron chi connectivity index (χ3n) is 2.08. The van der Waals surface area contributed by atoms with Gasteiger partial charge in [-0.05, 0) is 40.5 Å². The average Bonchev–Trinajstić information content (AvgIpc) is 2.24. The lowest BCUT2D eigenvalue weighted by atomic mass is 10.2. The highest BCUT2D eigenvalue weighted by Gasteiger charge is 2.03. The number of hydrogen-bond donors (Lipinski definition) is 1. The third-order valence-corrected chi connectivity index (χ3v) is 3.44. The molecule has 2 N–H and O–H groups in total. The van der Waals surface area contributed by atoms with Gasteiger partial charge in [-0.2, -0.15) is 0 Å². The average molecular weight is 338 g/mol. The third kappa shape index (κ3) is 6.34. The van der Waals surface area contributed by atoms with Crippen molar-refractivity contribution in [2.45, 2.75) is 6.92 Å². The van der Waals surface area contributed by atoms with E-state index >= 15 is 0 Å². The van der Waals surface area contributed by atoms with Crippen LogP contribution in [0.25, 0.3) is 0 Å². The van der Waals surface area contributed by atoms with Crippen LogP contribution in [-0.2, 0) is 14.8 Å². The number of halogens is 1. The first-order valence-electron chi connectivity index (χ1n) is 5.35. The molecule has 0 amide bonds. The van der Waals surface area contributed by atoms with Crippen LogP contribution in [0.5, 0.6) is 5.75 Å². The molecule has 0 heterocycles. The maximum atomic E-state index is 10.6. The van der Waals surface area contributed by atoms with Crippen LogP contribution in [0.2, 0.25) is 0 Å². The molecule has 5 nitrogen and oxygen atoms in total. The highest BCUT2D eigenvalue weighted by atomic mass is 79.9. The minimum atomic E-state index is -3.45. The molecule has 0 unspecified atom stereocenters. The van der Waals surface area contributed by atoms with Gasteiger partial charge in [0.1, 0.15) is 12.4 Å². The molecular formula is C11H16BrNO4S. The molecule has 0 aliphatic heterocycles. The molecule has 0 bridgehead atoms. The highest BCUT2D eigenvalue weighted by Crippen LogP contribution is 2.25. The van der Waals surface area contributed by atoms with Crippen molar-refractivity contribution in [3.05, 3.63) is 28.2 Å². The van der Waals surface area contributed by atoms with E-state index in [0.717, 1.165) is 15.8 Å². The van der Waals surface area contributed by atoms with E-state index in [0.29, 0.717) is 13.2 Å². The number of ether oxygens (including phenoxy) is 2. The number of primary sulfonamides is 1. The van der Waals surface area contributed by atoms with E-state index in [-0.39, 0.29) is 12.4 Å². The maximum Gasteiger partial charge on any atom is 0.211 e. The molecule has 18 heavy (non-hydrogen) atoms. The summed E-state index contributed by atoms with van der Waals surface area (Å²) < 4.78 is 32.7. The lowest BCUT2D eigenvalue weighted by molar-refractivity contribution is 0.111. The number of nitrogens with two attached hydrogens (primary N) is 1. The summed E-state index contributed by atoms with van der Waals surface area (Å²) >= 11 is 3.39. The molecule has 0 atom stereocenters. The van der Waals surface area contributed by atoms with Gasteiger partial charge in [0.05, 0.1) is 23.4 Å². The van der Waals surface area contributed by atoms with Gasteiger partial charge in [-0.15, -0.1) is 0 Å². The van der Waals surface area contributed by atoms with Crippen LogP contribution >= 0.6 is 15.9 Å². The van der Waals surface area contributed by atoms with Crippen LogP contribution in [0, 0.1) is 6.92 Å². The normalized spacial score (nSPS) is 11.5. The van der Waals surface area contributed by atoms with Crippen molar-refractivity contribution < 1.29 is 17.9 Å². The SMILES string of the molecule is Cc1ccc(OCCOCCS(N)(=O)=O)c(Br)c1. The predicted molar refractivity (Wildman–Crippen MR) is 73.2 cm³/mol. The second kappa shape index (κ2) is 7.08. The van der Waals surface area contributed by atoms with E-state index in [2.05, 4.69) is 15.9 Å². The van der Waals surface area contributed by atoms with Crippen LogP contribution in [0.1, 0.15) is 5.56 Å². The summed E-state index contributed by atoms with van der Waals surface area (Å²) in [5.74, 6) is 0.553. The predicted octanol–water partition coefficient (Wildman–Crippen LogP) is 1.44. The van der Waals surface area contributed by atoms with Gasteiger partial charge in [0.15, 0.2) is 0 Å². The molecule has 0 aromatic heterocycles. The lowest BCUT2D eigenvalue weighted by Gasteiger charge is -2.09. The van der Waals surface area contributed by atoms with Gasteiger partial charge in [0, 0.05) is 0 Å². The van der Waals surface area contributed by atoms with E-state index in [1.54, 1.807) is 0 Å². The van der Waals surface area contributed by atoms with Crippen LogP contribution in [-0.4, -0.2) is 34.0 Å². The Morgan fingerprint density at radius 2 is 2.00 bits per heavy atom. The maximum absolute atomic E-state index is 10.6. The Hall–Kier alpha value is -0.630. The van der Waals surface area contributed by atoms with E-state index in [1.807, 2.05) is 25.1 Å². The number of hydrogen-bond acceptors (Lipinski definition) is 4. The molecule has 1 aromatic carbocycles. The monoisotopic (exact) mass is 337 g/mol. The first-order valence-corrected chi connectivity index (χ1v) is 7.86. The number of benzene rings is 1.